The van der Waals surface area contributed by atoms with Crippen molar-refractivity contribution in [1.82, 2.24) is 0 Å². The Morgan fingerprint density at radius 1 is 1.43 bits per heavy atom. The Hall–Kier alpha value is -0.870. The number of rotatable bonds is 2. The molecule has 0 atom stereocenters. The van der Waals surface area contributed by atoms with Gasteiger partial charge < -0.3 is 5.11 Å². The van der Waals surface area contributed by atoms with Gasteiger partial charge in [-0.15, -0.1) is 11.3 Å². The van der Waals surface area contributed by atoms with Gasteiger partial charge in [-0.05, 0) is 45.1 Å². The van der Waals surface area contributed by atoms with E-state index in [-0.39, 0.29) is 6.42 Å². The predicted molar refractivity (Wildman–Crippen MR) is 60.9 cm³/mol. The first kappa shape index (κ1) is 9.68. The third-order valence-electron chi connectivity index (χ3n) is 1.91. The van der Waals surface area contributed by atoms with E-state index in [9.17, 15) is 4.79 Å². The summed E-state index contributed by atoms with van der Waals surface area (Å²) < 4.78 is 2.24. The Morgan fingerprint density at radius 2 is 2.21 bits per heavy atom. The molecule has 0 aliphatic carbocycles. The molecule has 0 unspecified atom stereocenters. The van der Waals surface area contributed by atoms with Crippen molar-refractivity contribution in [1.29, 1.82) is 0 Å². The highest BCUT2D eigenvalue weighted by Crippen LogP contribution is 2.30. The van der Waals surface area contributed by atoms with Gasteiger partial charge in [0.05, 0.1) is 10.2 Å². The fraction of sp³-hybridized carbons (Fsp3) is 0.100. The lowest BCUT2D eigenvalue weighted by atomic mass is 10.1. The lowest BCUT2D eigenvalue weighted by Gasteiger charge is -1.96. The van der Waals surface area contributed by atoms with Crippen LogP contribution in [0.1, 0.15) is 5.56 Å². The van der Waals surface area contributed by atoms with E-state index >= 15 is 0 Å². The van der Waals surface area contributed by atoms with Gasteiger partial charge in [-0.3, -0.25) is 4.79 Å². The van der Waals surface area contributed by atoms with E-state index in [1.54, 1.807) is 11.3 Å². The largest absolute Gasteiger partial charge is 0.481 e. The minimum absolute atomic E-state index is 0.0867. The van der Waals surface area contributed by atoms with Gasteiger partial charge in [-0.1, -0.05) is 6.07 Å². The summed E-state index contributed by atoms with van der Waals surface area (Å²) in [5, 5.41) is 9.74. The van der Waals surface area contributed by atoms with Crippen molar-refractivity contribution in [2.45, 2.75) is 6.42 Å². The van der Waals surface area contributed by atoms with Crippen LogP contribution in [0, 0.1) is 0 Å². The van der Waals surface area contributed by atoms with Crippen LogP contribution in [0.5, 0.6) is 0 Å². The quantitative estimate of drug-likeness (QED) is 0.910. The number of hydrogen-bond donors (Lipinski definition) is 1. The average molecular weight is 271 g/mol. The monoisotopic (exact) mass is 270 g/mol. The summed E-state index contributed by atoms with van der Waals surface area (Å²) in [6, 6.07) is 7.75. The molecule has 0 radical (unpaired) electrons. The first-order chi connectivity index (χ1) is 6.65. The second-order valence-corrected chi connectivity index (χ2v) is 5.46. The Kier molecular flexibility index (Phi) is 2.56. The normalized spacial score (nSPS) is 10.6. The highest BCUT2D eigenvalue weighted by Gasteiger charge is 2.03. The Morgan fingerprint density at radius 3 is 2.93 bits per heavy atom. The number of carboxylic acids is 1. The van der Waals surface area contributed by atoms with Crippen molar-refractivity contribution in [3.63, 3.8) is 0 Å². The number of fused-ring (bicyclic) bond motifs is 1. The second-order valence-electron chi connectivity index (χ2n) is 2.99. The first-order valence-corrected chi connectivity index (χ1v) is 5.66. The Bertz CT molecular complexity index is 490. The van der Waals surface area contributed by atoms with E-state index in [4.69, 9.17) is 5.11 Å². The van der Waals surface area contributed by atoms with Crippen LogP contribution in [0.15, 0.2) is 28.1 Å². The van der Waals surface area contributed by atoms with E-state index in [0.29, 0.717) is 0 Å². The summed E-state index contributed by atoms with van der Waals surface area (Å²) in [5.41, 5.74) is 0.843. The molecule has 0 saturated heterocycles. The predicted octanol–water partition coefficient (Wildman–Crippen LogP) is 3.29. The van der Waals surface area contributed by atoms with Gasteiger partial charge in [0.2, 0.25) is 0 Å². The highest BCUT2D eigenvalue weighted by atomic mass is 79.9. The van der Waals surface area contributed by atoms with Crippen molar-refractivity contribution in [2.24, 2.45) is 0 Å². The molecule has 0 spiro atoms. The average Bonchev–Trinajstić information content (AvgIpc) is 2.42. The molecular formula is C10H7BrO2S. The van der Waals surface area contributed by atoms with Gasteiger partial charge >= 0.3 is 5.97 Å². The van der Waals surface area contributed by atoms with Crippen molar-refractivity contribution in [3.8, 4) is 0 Å². The maximum absolute atomic E-state index is 10.5. The molecular weight excluding hydrogens is 264 g/mol. The standard InChI is InChI=1S/C10H7BrO2S/c11-9-5-7-3-6(4-10(12)13)1-2-8(7)14-9/h1-3,5H,4H2,(H,12,13). The lowest BCUT2D eigenvalue weighted by molar-refractivity contribution is -0.136. The minimum atomic E-state index is -0.793. The number of halogens is 1. The SMILES string of the molecule is O=C(O)Cc1ccc2sc(Br)cc2c1. The highest BCUT2D eigenvalue weighted by molar-refractivity contribution is 9.11. The molecule has 2 aromatic rings. The molecule has 14 heavy (non-hydrogen) atoms. The number of carbonyl (C=O) groups is 1. The summed E-state index contributed by atoms with van der Waals surface area (Å²) in [5.74, 6) is -0.793. The van der Waals surface area contributed by atoms with Gasteiger partial charge in [0.25, 0.3) is 0 Å². The van der Waals surface area contributed by atoms with E-state index < -0.39 is 5.97 Å². The maximum atomic E-state index is 10.5. The zero-order valence-corrected chi connectivity index (χ0v) is 9.56. The number of hydrogen-bond acceptors (Lipinski definition) is 2. The van der Waals surface area contributed by atoms with Gasteiger partial charge in [0, 0.05) is 4.70 Å². The third kappa shape index (κ3) is 1.96. The molecule has 2 rings (SSSR count). The van der Waals surface area contributed by atoms with E-state index in [1.165, 1.54) is 4.70 Å². The van der Waals surface area contributed by atoms with Crippen LogP contribution in [-0.4, -0.2) is 11.1 Å². The van der Waals surface area contributed by atoms with Crippen LogP contribution < -0.4 is 0 Å². The van der Waals surface area contributed by atoms with Crippen molar-refractivity contribution < 1.29 is 9.90 Å². The Balaban J connectivity index is 2.45. The van der Waals surface area contributed by atoms with Crippen molar-refractivity contribution >= 4 is 43.3 Å². The molecule has 1 aromatic carbocycles. The van der Waals surface area contributed by atoms with Gasteiger partial charge in [0.1, 0.15) is 0 Å². The van der Waals surface area contributed by atoms with E-state index in [1.807, 2.05) is 24.3 Å². The second kappa shape index (κ2) is 3.71. The Labute approximate surface area is 93.3 Å². The van der Waals surface area contributed by atoms with E-state index in [0.717, 1.165) is 14.7 Å². The molecule has 0 aliphatic rings. The summed E-state index contributed by atoms with van der Waals surface area (Å²) in [4.78, 5) is 10.5. The topological polar surface area (TPSA) is 37.3 Å². The van der Waals surface area contributed by atoms with Gasteiger partial charge in [-0.25, -0.2) is 0 Å². The van der Waals surface area contributed by atoms with Gasteiger partial charge in [-0.2, -0.15) is 0 Å². The first-order valence-electron chi connectivity index (χ1n) is 4.05. The molecule has 2 nitrogen and oxygen atoms in total. The number of carboxylic acid groups (broad SMARTS) is 1. The number of benzene rings is 1. The molecule has 1 N–H and O–H groups in total. The smallest absolute Gasteiger partial charge is 0.307 e. The third-order valence-corrected chi connectivity index (χ3v) is 3.53. The molecule has 0 bridgehead atoms. The van der Waals surface area contributed by atoms with Crippen molar-refractivity contribution in [3.05, 3.63) is 33.6 Å². The minimum Gasteiger partial charge on any atom is -0.481 e. The molecule has 4 heteroatoms. The molecule has 72 valence electrons. The fourth-order valence-electron chi connectivity index (χ4n) is 1.35. The molecule has 0 fully saturated rings. The summed E-state index contributed by atoms with van der Waals surface area (Å²) in [7, 11) is 0. The van der Waals surface area contributed by atoms with E-state index in [2.05, 4.69) is 15.9 Å². The van der Waals surface area contributed by atoms with Gasteiger partial charge in [0.15, 0.2) is 0 Å². The zero-order valence-electron chi connectivity index (χ0n) is 7.16. The number of thiophene rings is 1. The maximum Gasteiger partial charge on any atom is 0.307 e. The molecule has 0 saturated carbocycles. The van der Waals surface area contributed by atoms with Crippen LogP contribution in [-0.2, 0) is 11.2 Å². The lowest BCUT2D eigenvalue weighted by Crippen LogP contribution is -1.99. The van der Waals surface area contributed by atoms with Crippen LogP contribution in [0.25, 0.3) is 10.1 Å². The summed E-state index contributed by atoms with van der Waals surface area (Å²) in [6.45, 7) is 0. The van der Waals surface area contributed by atoms with Crippen LogP contribution in [0.4, 0.5) is 0 Å². The number of aliphatic carboxylic acids is 1. The molecule has 1 heterocycles. The van der Waals surface area contributed by atoms with Crippen LogP contribution in [0.2, 0.25) is 0 Å². The molecule has 0 aliphatic heterocycles. The van der Waals surface area contributed by atoms with Crippen molar-refractivity contribution in [2.75, 3.05) is 0 Å². The zero-order chi connectivity index (χ0) is 10.1. The molecule has 0 amide bonds. The molecule has 1 aromatic heterocycles. The summed E-state index contributed by atoms with van der Waals surface area (Å²) >= 11 is 5.05. The summed E-state index contributed by atoms with van der Waals surface area (Å²) in [6.07, 6.45) is 0.0867. The van der Waals surface area contributed by atoms with Crippen LogP contribution in [0.3, 0.4) is 0 Å². The fourth-order valence-corrected chi connectivity index (χ4v) is 2.88. The van der Waals surface area contributed by atoms with Crippen LogP contribution >= 0.6 is 27.3 Å².